The van der Waals surface area contributed by atoms with Gasteiger partial charge in [-0.3, -0.25) is 0 Å². The molecule has 1 aromatic rings. The van der Waals surface area contributed by atoms with E-state index in [4.69, 9.17) is 0 Å². The predicted octanol–water partition coefficient (Wildman–Crippen LogP) is 6.28. The molecule has 0 N–H and O–H groups in total. The maximum atomic E-state index is 2.61. The van der Waals surface area contributed by atoms with Crippen molar-refractivity contribution in [3.8, 4) is 0 Å². The van der Waals surface area contributed by atoms with E-state index in [1.54, 1.807) is 5.19 Å². The molecule has 0 aliphatic heterocycles. The molecule has 0 radical (unpaired) electrons. The Morgan fingerprint density at radius 1 is 0.667 bits per heavy atom. The summed E-state index contributed by atoms with van der Waals surface area (Å²) in [6.45, 7) is 5.22. The smallest absolute Gasteiger partial charge is 0.0652 e. The average molecular weight is 303 g/mol. The highest BCUT2D eigenvalue weighted by atomic mass is 28.3. The van der Waals surface area contributed by atoms with E-state index in [-0.39, 0.29) is 0 Å². The SMILES string of the molecule is C[Si](C)(c1ccccc1)C1CCCCCCCCCCC1. The molecule has 1 saturated carbocycles. The van der Waals surface area contributed by atoms with Gasteiger partial charge in [0.2, 0.25) is 0 Å². The lowest BCUT2D eigenvalue weighted by Crippen LogP contribution is -2.46. The average Bonchev–Trinajstić information content (AvgIpc) is 2.48. The Balaban J connectivity index is 2.02. The second-order valence-electron chi connectivity index (χ2n) is 7.54. The van der Waals surface area contributed by atoms with Crippen molar-refractivity contribution in [1.29, 1.82) is 0 Å². The summed E-state index contributed by atoms with van der Waals surface area (Å²) < 4.78 is 0. The largest absolute Gasteiger partial charge is 0.0836 e. The summed E-state index contributed by atoms with van der Waals surface area (Å²) in [6.07, 6.45) is 16.2. The van der Waals surface area contributed by atoms with Crippen molar-refractivity contribution in [2.45, 2.75) is 89.3 Å². The number of rotatable bonds is 2. The Kier molecular flexibility index (Phi) is 7.02. The van der Waals surface area contributed by atoms with E-state index in [1.807, 2.05) is 0 Å². The highest BCUT2D eigenvalue weighted by Gasteiger charge is 2.32. The normalized spacial score (nSPS) is 20.5. The number of hydrogen-bond donors (Lipinski definition) is 0. The van der Waals surface area contributed by atoms with Gasteiger partial charge in [-0.15, -0.1) is 0 Å². The van der Waals surface area contributed by atoms with Gasteiger partial charge < -0.3 is 0 Å². The summed E-state index contributed by atoms with van der Waals surface area (Å²) in [5.41, 5.74) is 0.985. The van der Waals surface area contributed by atoms with Gasteiger partial charge in [0.25, 0.3) is 0 Å². The monoisotopic (exact) mass is 302 g/mol. The molecule has 0 amide bonds. The van der Waals surface area contributed by atoms with Crippen LogP contribution in [-0.2, 0) is 0 Å². The molecule has 0 spiro atoms. The van der Waals surface area contributed by atoms with Crippen LogP contribution in [0.3, 0.4) is 0 Å². The van der Waals surface area contributed by atoms with E-state index in [9.17, 15) is 0 Å². The lowest BCUT2D eigenvalue weighted by atomic mass is 10.0. The summed E-state index contributed by atoms with van der Waals surface area (Å²) in [7, 11) is -1.30. The van der Waals surface area contributed by atoms with Gasteiger partial charge in [0.1, 0.15) is 0 Å². The summed E-state index contributed by atoms with van der Waals surface area (Å²) in [4.78, 5) is 0. The molecule has 1 aliphatic rings. The van der Waals surface area contributed by atoms with Crippen LogP contribution in [0.4, 0.5) is 0 Å². The first-order chi connectivity index (χ1) is 10.2. The fourth-order valence-corrected chi connectivity index (χ4v) is 7.36. The van der Waals surface area contributed by atoms with Gasteiger partial charge in [-0.1, -0.05) is 119 Å². The standard InChI is InChI=1S/C20H34Si/c1-21(2,20-17-13-10-14-18-20)19-15-11-8-6-4-3-5-7-9-12-16-19/h10,13-14,17-19H,3-9,11-12,15-16H2,1-2H3. The third-order valence-corrected chi connectivity index (χ3v) is 10.1. The van der Waals surface area contributed by atoms with Gasteiger partial charge >= 0.3 is 0 Å². The molecule has 1 heteroatoms. The minimum atomic E-state index is -1.30. The van der Waals surface area contributed by atoms with Gasteiger partial charge in [-0.25, -0.2) is 0 Å². The Labute approximate surface area is 133 Å². The Morgan fingerprint density at radius 3 is 1.57 bits per heavy atom. The van der Waals surface area contributed by atoms with E-state index in [1.165, 1.54) is 70.6 Å². The molecule has 2 rings (SSSR count). The zero-order valence-electron chi connectivity index (χ0n) is 14.2. The molecule has 0 saturated heterocycles. The molecule has 1 aromatic carbocycles. The predicted molar refractivity (Wildman–Crippen MR) is 98.1 cm³/mol. The molecule has 21 heavy (non-hydrogen) atoms. The van der Waals surface area contributed by atoms with Crippen molar-refractivity contribution in [1.82, 2.24) is 0 Å². The third kappa shape index (κ3) is 5.29. The zero-order valence-corrected chi connectivity index (χ0v) is 15.2. The number of benzene rings is 1. The van der Waals surface area contributed by atoms with Crippen LogP contribution in [0.15, 0.2) is 30.3 Å². The van der Waals surface area contributed by atoms with Crippen molar-refractivity contribution in [2.24, 2.45) is 0 Å². The first kappa shape index (κ1) is 16.8. The van der Waals surface area contributed by atoms with E-state index in [2.05, 4.69) is 43.4 Å². The molecule has 0 unspecified atom stereocenters. The van der Waals surface area contributed by atoms with E-state index >= 15 is 0 Å². The summed E-state index contributed by atoms with van der Waals surface area (Å²) in [5.74, 6) is 0. The second kappa shape index (κ2) is 8.78. The molecule has 118 valence electrons. The van der Waals surface area contributed by atoms with E-state index in [0.29, 0.717) is 0 Å². The number of hydrogen-bond acceptors (Lipinski definition) is 0. The van der Waals surface area contributed by atoms with Gasteiger partial charge in [0, 0.05) is 0 Å². The highest BCUT2D eigenvalue weighted by molar-refractivity contribution is 6.91. The Bertz CT molecular complexity index is 370. The lowest BCUT2D eigenvalue weighted by molar-refractivity contribution is 0.499. The molecule has 0 atom stereocenters. The highest BCUT2D eigenvalue weighted by Crippen LogP contribution is 2.33. The second-order valence-corrected chi connectivity index (χ2v) is 12.4. The van der Waals surface area contributed by atoms with Gasteiger partial charge in [-0.2, -0.15) is 0 Å². The zero-order chi connectivity index (χ0) is 15.0. The van der Waals surface area contributed by atoms with Crippen LogP contribution >= 0.6 is 0 Å². The Morgan fingerprint density at radius 2 is 1.10 bits per heavy atom. The van der Waals surface area contributed by atoms with Crippen molar-refractivity contribution in [3.63, 3.8) is 0 Å². The molecule has 0 bridgehead atoms. The van der Waals surface area contributed by atoms with Crippen molar-refractivity contribution < 1.29 is 0 Å². The first-order valence-corrected chi connectivity index (χ1v) is 12.3. The molecule has 0 nitrogen and oxygen atoms in total. The van der Waals surface area contributed by atoms with Crippen LogP contribution in [0.1, 0.15) is 70.6 Å². The summed E-state index contributed by atoms with van der Waals surface area (Å²) in [5, 5.41) is 1.67. The van der Waals surface area contributed by atoms with Crippen molar-refractivity contribution in [2.75, 3.05) is 0 Å². The van der Waals surface area contributed by atoms with Gasteiger partial charge in [0.15, 0.2) is 0 Å². The maximum absolute atomic E-state index is 2.61. The summed E-state index contributed by atoms with van der Waals surface area (Å²) >= 11 is 0. The molecule has 1 fully saturated rings. The minimum absolute atomic E-state index is 0.985. The van der Waals surface area contributed by atoms with Gasteiger partial charge in [0.05, 0.1) is 8.07 Å². The van der Waals surface area contributed by atoms with Gasteiger partial charge in [-0.05, 0) is 5.54 Å². The maximum Gasteiger partial charge on any atom is 0.0836 e. The van der Waals surface area contributed by atoms with E-state index in [0.717, 1.165) is 5.54 Å². The van der Waals surface area contributed by atoms with Crippen LogP contribution in [0.5, 0.6) is 0 Å². The summed E-state index contributed by atoms with van der Waals surface area (Å²) in [6, 6.07) is 11.4. The van der Waals surface area contributed by atoms with Crippen LogP contribution in [0.25, 0.3) is 0 Å². The van der Waals surface area contributed by atoms with Crippen LogP contribution in [-0.4, -0.2) is 8.07 Å². The molecule has 0 aromatic heterocycles. The molecular formula is C20H34Si. The topological polar surface area (TPSA) is 0 Å². The van der Waals surface area contributed by atoms with Crippen LogP contribution < -0.4 is 5.19 Å². The van der Waals surface area contributed by atoms with Crippen molar-refractivity contribution >= 4 is 13.3 Å². The molecular weight excluding hydrogens is 268 g/mol. The first-order valence-electron chi connectivity index (χ1n) is 9.27. The molecule has 0 heterocycles. The van der Waals surface area contributed by atoms with E-state index < -0.39 is 8.07 Å². The fraction of sp³-hybridized carbons (Fsp3) is 0.700. The quantitative estimate of drug-likeness (QED) is 0.564. The van der Waals surface area contributed by atoms with Crippen LogP contribution in [0.2, 0.25) is 18.6 Å². The van der Waals surface area contributed by atoms with Crippen LogP contribution in [0, 0.1) is 0 Å². The fourth-order valence-electron chi connectivity index (χ4n) is 3.99. The van der Waals surface area contributed by atoms with Crippen molar-refractivity contribution in [3.05, 3.63) is 30.3 Å². The lowest BCUT2D eigenvalue weighted by Gasteiger charge is -2.34. The Hall–Kier alpha value is -0.563. The minimum Gasteiger partial charge on any atom is -0.0652 e. The molecule has 1 aliphatic carbocycles. The third-order valence-electron chi connectivity index (χ3n) is 5.64.